The van der Waals surface area contributed by atoms with Crippen LogP contribution in [0.4, 0.5) is 4.79 Å². The van der Waals surface area contributed by atoms with Crippen LogP contribution in [-0.4, -0.2) is 53.3 Å². The van der Waals surface area contributed by atoms with Crippen molar-refractivity contribution in [3.05, 3.63) is 0 Å². The summed E-state index contributed by atoms with van der Waals surface area (Å²) in [7, 11) is 0. The van der Waals surface area contributed by atoms with Gasteiger partial charge in [0.15, 0.2) is 0 Å². The summed E-state index contributed by atoms with van der Waals surface area (Å²) in [5.41, 5.74) is -0.401. The summed E-state index contributed by atoms with van der Waals surface area (Å²) >= 11 is 1.98. The van der Waals surface area contributed by atoms with Crippen molar-refractivity contribution in [3.8, 4) is 0 Å². The number of rotatable bonds is 2. The first-order valence-electron chi connectivity index (χ1n) is 6.76. The molecule has 1 N–H and O–H groups in total. The zero-order valence-corrected chi connectivity index (χ0v) is 12.4. The molecular weight excluding hydrogens is 248 g/mol. The number of ether oxygens (including phenoxy) is 1. The molecule has 2 saturated heterocycles. The maximum Gasteiger partial charge on any atom is 0.410 e. The second kappa shape index (κ2) is 5.70. The Morgan fingerprint density at radius 1 is 1.33 bits per heavy atom. The maximum absolute atomic E-state index is 12.0. The fourth-order valence-electron chi connectivity index (χ4n) is 2.27. The number of carbonyl (C=O) groups excluding carboxylic acids is 1. The molecule has 1 atom stereocenters. The van der Waals surface area contributed by atoms with Gasteiger partial charge in [-0.25, -0.2) is 4.79 Å². The third-order valence-electron chi connectivity index (χ3n) is 3.18. The van der Waals surface area contributed by atoms with Crippen molar-refractivity contribution in [1.82, 2.24) is 10.2 Å². The molecular formula is C13H24N2O2S. The van der Waals surface area contributed by atoms with E-state index in [1.54, 1.807) is 0 Å². The minimum atomic E-state index is -0.401. The lowest BCUT2D eigenvalue weighted by molar-refractivity contribution is 0.0184. The van der Waals surface area contributed by atoms with Crippen molar-refractivity contribution in [2.45, 2.75) is 51.3 Å². The van der Waals surface area contributed by atoms with Crippen LogP contribution in [0.15, 0.2) is 0 Å². The van der Waals surface area contributed by atoms with Gasteiger partial charge in [0.2, 0.25) is 0 Å². The van der Waals surface area contributed by atoms with Crippen molar-refractivity contribution >= 4 is 17.9 Å². The molecule has 0 aromatic heterocycles. The number of amides is 1. The highest BCUT2D eigenvalue weighted by molar-refractivity contribution is 8.00. The van der Waals surface area contributed by atoms with Crippen LogP contribution in [-0.2, 0) is 4.74 Å². The molecule has 0 saturated carbocycles. The third-order valence-corrected chi connectivity index (χ3v) is 4.46. The van der Waals surface area contributed by atoms with E-state index in [0.717, 1.165) is 19.5 Å². The topological polar surface area (TPSA) is 41.6 Å². The normalized spacial score (nSPS) is 25.7. The van der Waals surface area contributed by atoms with Crippen LogP contribution in [0, 0.1) is 0 Å². The van der Waals surface area contributed by atoms with Crippen LogP contribution in [0.25, 0.3) is 0 Å². The highest BCUT2D eigenvalue weighted by Crippen LogP contribution is 2.20. The van der Waals surface area contributed by atoms with Crippen molar-refractivity contribution in [2.24, 2.45) is 0 Å². The van der Waals surface area contributed by atoms with Crippen LogP contribution < -0.4 is 5.32 Å². The lowest BCUT2D eigenvalue weighted by Gasteiger charge is -2.38. The van der Waals surface area contributed by atoms with Crippen molar-refractivity contribution in [1.29, 1.82) is 0 Å². The predicted molar refractivity (Wildman–Crippen MR) is 75.1 cm³/mol. The molecule has 0 bridgehead atoms. The second-order valence-electron chi connectivity index (χ2n) is 6.17. The zero-order valence-electron chi connectivity index (χ0n) is 11.6. The Balaban J connectivity index is 1.80. The van der Waals surface area contributed by atoms with Gasteiger partial charge in [0, 0.05) is 36.7 Å². The number of hydrogen-bond donors (Lipinski definition) is 1. The maximum atomic E-state index is 12.0. The molecule has 2 aliphatic rings. The van der Waals surface area contributed by atoms with Gasteiger partial charge in [-0.3, -0.25) is 0 Å². The largest absolute Gasteiger partial charge is 0.444 e. The first kappa shape index (κ1) is 14.0. The quantitative estimate of drug-likeness (QED) is 0.836. The molecule has 0 radical (unpaired) electrons. The Hall–Kier alpha value is -0.420. The van der Waals surface area contributed by atoms with E-state index in [-0.39, 0.29) is 6.09 Å². The Morgan fingerprint density at radius 2 is 2.06 bits per heavy atom. The molecule has 4 nitrogen and oxygen atoms in total. The van der Waals surface area contributed by atoms with E-state index in [9.17, 15) is 4.79 Å². The molecule has 18 heavy (non-hydrogen) atoms. The van der Waals surface area contributed by atoms with Gasteiger partial charge in [-0.1, -0.05) is 0 Å². The zero-order chi connectivity index (χ0) is 13.2. The molecule has 2 aliphatic heterocycles. The number of hydrogen-bond acceptors (Lipinski definition) is 4. The SMILES string of the molecule is CC(C)(C)OC(=O)N1CCCC(NC2CSC2)C1. The molecule has 5 heteroatoms. The van der Waals surface area contributed by atoms with Gasteiger partial charge in [0.05, 0.1) is 0 Å². The van der Waals surface area contributed by atoms with Crippen LogP contribution in [0.5, 0.6) is 0 Å². The summed E-state index contributed by atoms with van der Waals surface area (Å²) in [6.45, 7) is 7.35. The molecule has 104 valence electrons. The monoisotopic (exact) mass is 272 g/mol. The third kappa shape index (κ3) is 4.05. The van der Waals surface area contributed by atoms with Crippen molar-refractivity contribution < 1.29 is 9.53 Å². The summed E-state index contributed by atoms with van der Waals surface area (Å²) in [6.07, 6.45) is 2.06. The molecule has 2 rings (SSSR count). The van der Waals surface area contributed by atoms with Gasteiger partial charge in [-0.05, 0) is 33.6 Å². The van der Waals surface area contributed by atoms with E-state index >= 15 is 0 Å². The Labute approximate surface area is 114 Å². The summed E-state index contributed by atoms with van der Waals surface area (Å²) in [6, 6.07) is 1.09. The van der Waals surface area contributed by atoms with Gasteiger partial charge < -0.3 is 15.0 Å². The van der Waals surface area contributed by atoms with Crippen molar-refractivity contribution in [3.63, 3.8) is 0 Å². The van der Waals surface area contributed by atoms with Crippen LogP contribution in [0.3, 0.4) is 0 Å². The Kier molecular flexibility index (Phi) is 4.43. The summed E-state index contributed by atoms with van der Waals surface area (Å²) in [4.78, 5) is 13.8. The smallest absolute Gasteiger partial charge is 0.410 e. The molecule has 1 unspecified atom stereocenters. The highest BCUT2D eigenvalue weighted by atomic mass is 32.2. The van der Waals surface area contributed by atoms with Gasteiger partial charge >= 0.3 is 6.09 Å². The van der Waals surface area contributed by atoms with E-state index in [4.69, 9.17) is 4.74 Å². The number of piperidine rings is 1. The molecule has 2 fully saturated rings. The standard InChI is InChI=1S/C13H24N2O2S/c1-13(2,3)17-12(16)15-6-4-5-10(7-15)14-11-8-18-9-11/h10-11,14H,4-9H2,1-3H3. The molecule has 0 spiro atoms. The number of carbonyl (C=O) groups is 1. The fourth-order valence-corrected chi connectivity index (χ4v) is 2.93. The van der Waals surface area contributed by atoms with Crippen molar-refractivity contribution in [2.75, 3.05) is 24.6 Å². The Bertz CT molecular complexity index is 300. The van der Waals surface area contributed by atoms with Gasteiger partial charge in [-0.15, -0.1) is 0 Å². The van der Waals surface area contributed by atoms with Crippen LogP contribution >= 0.6 is 11.8 Å². The minimum absolute atomic E-state index is 0.169. The van der Waals surface area contributed by atoms with Crippen LogP contribution in [0.2, 0.25) is 0 Å². The van der Waals surface area contributed by atoms with Gasteiger partial charge in [-0.2, -0.15) is 11.8 Å². The summed E-state index contributed by atoms with van der Waals surface area (Å²) < 4.78 is 5.43. The minimum Gasteiger partial charge on any atom is -0.444 e. The average molecular weight is 272 g/mol. The van der Waals surface area contributed by atoms with E-state index < -0.39 is 5.60 Å². The number of nitrogens with zero attached hydrogens (tertiary/aromatic N) is 1. The summed E-state index contributed by atoms with van der Waals surface area (Å²) in [5.74, 6) is 2.42. The van der Waals surface area contributed by atoms with E-state index in [0.29, 0.717) is 12.1 Å². The lowest BCUT2D eigenvalue weighted by Crippen LogP contribution is -2.54. The molecule has 0 aromatic carbocycles. The van der Waals surface area contributed by atoms with E-state index in [2.05, 4.69) is 5.32 Å². The molecule has 2 heterocycles. The number of nitrogens with one attached hydrogen (secondary N) is 1. The highest BCUT2D eigenvalue weighted by Gasteiger charge is 2.29. The van der Waals surface area contributed by atoms with Gasteiger partial charge in [0.1, 0.15) is 5.60 Å². The second-order valence-corrected chi connectivity index (χ2v) is 7.24. The molecule has 0 aromatic rings. The first-order chi connectivity index (χ1) is 8.44. The Morgan fingerprint density at radius 3 is 2.61 bits per heavy atom. The van der Waals surface area contributed by atoms with Gasteiger partial charge in [0.25, 0.3) is 0 Å². The predicted octanol–water partition coefficient (Wildman–Crippen LogP) is 2.09. The number of likely N-dealkylation sites (tertiary alicyclic amines) is 1. The van der Waals surface area contributed by atoms with E-state index in [1.807, 2.05) is 37.4 Å². The van der Waals surface area contributed by atoms with E-state index in [1.165, 1.54) is 17.9 Å². The first-order valence-corrected chi connectivity index (χ1v) is 7.91. The fraction of sp³-hybridized carbons (Fsp3) is 0.923. The molecule has 1 amide bonds. The number of thioether (sulfide) groups is 1. The summed E-state index contributed by atoms with van der Waals surface area (Å²) in [5, 5.41) is 3.63. The lowest BCUT2D eigenvalue weighted by atomic mass is 10.1. The molecule has 0 aliphatic carbocycles. The average Bonchev–Trinajstić information content (AvgIpc) is 2.22. The van der Waals surface area contributed by atoms with Crippen LogP contribution in [0.1, 0.15) is 33.6 Å².